The van der Waals surface area contributed by atoms with Crippen LogP contribution in [0.4, 0.5) is 0 Å². The Morgan fingerprint density at radius 2 is 1.94 bits per heavy atom. The van der Waals surface area contributed by atoms with Crippen LogP contribution in [0.25, 0.3) is 0 Å². The number of hydrogen-bond acceptors (Lipinski definition) is 3. The molecule has 86 valence electrons. The van der Waals surface area contributed by atoms with Crippen LogP contribution in [0.2, 0.25) is 0 Å². The highest BCUT2D eigenvalue weighted by molar-refractivity contribution is 5.75. The van der Waals surface area contributed by atoms with Crippen LogP contribution in [-0.2, 0) is 4.79 Å². The van der Waals surface area contributed by atoms with Crippen molar-refractivity contribution in [3.05, 3.63) is 45.8 Å². The van der Waals surface area contributed by atoms with Gasteiger partial charge in [-0.3, -0.25) is 14.9 Å². The van der Waals surface area contributed by atoms with E-state index in [1.807, 2.05) is 19.9 Å². The van der Waals surface area contributed by atoms with Crippen molar-refractivity contribution in [1.82, 2.24) is 5.32 Å². The Labute approximate surface area is 93.7 Å². The first-order valence-electron chi connectivity index (χ1n) is 4.86. The van der Waals surface area contributed by atoms with Gasteiger partial charge in [-0.25, -0.2) is 0 Å². The molecule has 0 saturated carbocycles. The van der Waals surface area contributed by atoms with E-state index in [1.165, 1.54) is 13.0 Å². The van der Waals surface area contributed by atoms with Crippen LogP contribution in [-0.4, -0.2) is 10.8 Å². The molecule has 0 bridgehead atoms. The molecule has 0 radical (unpaired) electrons. The molecule has 0 unspecified atom stereocenters. The van der Waals surface area contributed by atoms with Crippen LogP contribution in [0.15, 0.2) is 35.7 Å². The fourth-order valence-electron chi connectivity index (χ4n) is 1.28. The number of nitrogens with zero attached hydrogens (tertiary/aromatic N) is 1. The molecule has 0 heterocycles. The molecule has 1 N–H and O–H groups in total. The molecular formula is C11H14N2O3. The van der Waals surface area contributed by atoms with Crippen molar-refractivity contribution in [2.75, 3.05) is 0 Å². The summed E-state index contributed by atoms with van der Waals surface area (Å²) in [6.45, 7) is 5.17. The highest BCUT2D eigenvalue weighted by atomic mass is 16.6. The lowest BCUT2D eigenvalue weighted by Crippen LogP contribution is -2.21. The van der Waals surface area contributed by atoms with E-state index in [0.717, 1.165) is 0 Å². The maximum Gasteiger partial charge on any atom is 0.292 e. The standard InChI is InChI=1S/C11H14N2O3/c1-8(14)12-9-4-6-11(2,3)7-5-10(9)13(15)16/h4-7H,1-3H3,(H,12,14). The fourth-order valence-corrected chi connectivity index (χ4v) is 1.28. The van der Waals surface area contributed by atoms with E-state index in [1.54, 1.807) is 12.2 Å². The molecule has 0 aromatic carbocycles. The molecule has 5 heteroatoms. The second kappa shape index (κ2) is 4.30. The van der Waals surface area contributed by atoms with Crippen LogP contribution in [0, 0.1) is 15.5 Å². The fraction of sp³-hybridized carbons (Fsp3) is 0.364. The van der Waals surface area contributed by atoms with Crippen LogP contribution in [0.5, 0.6) is 0 Å². The van der Waals surface area contributed by atoms with Crippen molar-refractivity contribution in [3.63, 3.8) is 0 Å². The topological polar surface area (TPSA) is 72.2 Å². The molecule has 0 fully saturated rings. The third-order valence-electron chi connectivity index (χ3n) is 2.13. The van der Waals surface area contributed by atoms with Gasteiger partial charge in [0.15, 0.2) is 0 Å². The third-order valence-corrected chi connectivity index (χ3v) is 2.13. The van der Waals surface area contributed by atoms with E-state index in [2.05, 4.69) is 5.32 Å². The number of allylic oxidation sites excluding steroid dienone is 4. The van der Waals surface area contributed by atoms with Gasteiger partial charge in [-0.1, -0.05) is 26.0 Å². The van der Waals surface area contributed by atoms with Gasteiger partial charge >= 0.3 is 0 Å². The summed E-state index contributed by atoms with van der Waals surface area (Å²) in [5.74, 6) is -0.327. The minimum atomic E-state index is -0.506. The van der Waals surface area contributed by atoms with E-state index in [0.29, 0.717) is 0 Å². The van der Waals surface area contributed by atoms with Gasteiger partial charge in [0, 0.05) is 18.4 Å². The molecule has 0 saturated heterocycles. The minimum absolute atomic E-state index is 0.1000. The molecule has 0 aromatic heterocycles. The maximum absolute atomic E-state index is 10.9. The maximum atomic E-state index is 10.9. The molecule has 0 atom stereocenters. The average molecular weight is 222 g/mol. The van der Waals surface area contributed by atoms with Gasteiger partial charge in [0.2, 0.25) is 5.91 Å². The minimum Gasteiger partial charge on any atom is -0.321 e. The van der Waals surface area contributed by atoms with E-state index in [9.17, 15) is 14.9 Å². The summed E-state index contributed by atoms with van der Waals surface area (Å²) in [7, 11) is 0. The van der Waals surface area contributed by atoms with Crippen molar-refractivity contribution in [1.29, 1.82) is 0 Å². The van der Waals surface area contributed by atoms with Gasteiger partial charge in [0.1, 0.15) is 5.70 Å². The quantitative estimate of drug-likeness (QED) is 0.571. The summed E-state index contributed by atoms with van der Waals surface area (Å²) >= 11 is 0. The largest absolute Gasteiger partial charge is 0.321 e. The summed E-state index contributed by atoms with van der Waals surface area (Å²) in [5.41, 5.74) is -0.141. The SMILES string of the molecule is CC(=O)NC1=C([N+](=O)[O-])C=CC(C)(C)C=C1. The van der Waals surface area contributed by atoms with Crippen molar-refractivity contribution < 1.29 is 9.72 Å². The van der Waals surface area contributed by atoms with Crippen LogP contribution in [0.3, 0.4) is 0 Å². The lowest BCUT2D eigenvalue weighted by molar-refractivity contribution is -0.420. The van der Waals surface area contributed by atoms with E-state index >= 15 is 0 Å². The zero-order valence-electron chi connectivity index (χ0n) is 9.48. The molecule has 0 spiro atoms. The van der Waals surface area contributed by atoms with Crippen molar-refractivity contribution in [3.8, 4) is 0 Å². The molecule has 1 aliphatic rings. The number of amides is 1. The highest BCUT2D eigenvalue weighted by Crippen LogP contribution is 2.24. The molecule has 0 aromatic rings. The first-order chi connectivity index (χ1) is 7.32. The molecule has 0 aliphatic heterocycles. The van der Waals surface area contributed by atoms with Crippen LogP contribution < -0.4 is 5.32 Å². The Morgan fingerprint density at radius 1 is 1.38 bits per heavy atom. The van der Waals surface area contributed by atoms with Crippen molar-refractivity contribution >= 4 is 5.91 Å². The smallest absolute Gasteiger partial charge is 0.292 e. The molecule has 5 nitrogen and oxygen atoms in total. The van der Waals surface area contributed by atoms with Crippen molar-refractivity contribution in [2.24, 2.45) is 5.41 Å². The Morgan fingerprint density at radius 3 is 2.44 bits per heavy atom. The molecular weight excluding hydrogens is 208 g/mol. The number of carbonyl (C=O) groups excluding carboxylic acids is 1. The summed E-state index contributed by atoms with van der Waals surface area (Å²) in [4.78, 5) is 21.2. The Bertz CT molecular complexity index is 417. The number of carbonyl (C=O) groups is 1. The van der Waals surface area contributed by atoms with Gasteiger partial charge in [-0.15, -0.1) is 0 Å². The second-order valence-electron chi connectivity index (χ2n) is 4.23. The van der Waals surface area contributed by atoms with E-state index < -0.39 is 4.92 Å². The first kappa shape index (κ1) is 12.2. The van der Waals surface area contributed by atoms with Crippen LogP contribution in [0.1, 0.15) is 20.8 Å². The Balaban J connectivity index is 3.18. The van der Waals surface area contributed by atoms with Gasteiger partial charge in [0.25, 0.3) is 5.70 Å². The second-order valence-corrected chi connectivity index (χ2v) is 4.23. The van der Waals surface area contributed by atoms with Crippen LogP contribution >= 0.6 is 0 Å². The summed E-state index contributed by atoms with van der Waals surface area (Å²) in [6, 6.07) is 0. The Kier molecular flexibility index (Phi) is 3.27. The van der Waals surface area contributed by atoms with Gasteiger partial charge in [-0.2, -0.15) is 0 Å². The zero-order valence-corrected chi connectivity index (χ0v) is 9.48. The number of nitro groups is 1. The number of rotatable bonds is 2. The predicted octanol–water partition coefficient (Wildman–Crippen LogP) is 1.76. The zero-order chi connectivity index (χ0) is 12.3. The van der Waals surface area contributed by atoms with Gasteiger partial charge < -0.3 is 5.32 Å². The lowest BCUT2D eigenvalue weighted by atomic mass is 9.93. The van der Waals surface area contributed by atoms with Gasteiger partial charge in [-0.05, 0) is 6.08 Å². The normalized spacial score (nSPS) is 18.2. The number of nitrogens with one attached hydrogen (secondary N) is 1. The van der Waals surface area contributed by atoms with Gasteiger partial charge in [0.05, 0.1) is 4.92 Å². The van der Waals surface area contributed by atoms with Crippen molar-refractivity contribution in [2.45, 2.75) is 20.8 Å². The average Bonchev–Trinajstić information content (AvgIpc) is 2.25. The number of hydrogen-bond donors (Lipinski definition) is 1. The third kappa shape index (κ3) is 3.05. The molecule has 16 heavy (non-hydrogen) atoms. The monoisotopic (exact) mass is 222 g/mol. The van der Waals surface area contributed by atoms with E-state index in [4.69, 9.17) is 0 Å². The van der Waals surface area contributed by atoms with E-state index in [-0.39, 0.29) is 22.7 Å². The highest BCUT2D eigenvalue weighted by Gasteiger charge is 2.20. The summed E-state index contributed by atoms with van der Waals surface area (Å²) in [5, 5.41) is 13.3. The molecule has 1 rings (SSSR count). The lowest BCUT2D eigenvalue weighted by Gasteiger charge is -2.12. The first-order valence-corrected chi connectivity index (χ1v) is 4.86. The summed E-state index contributed by atoms with van der Waals surface area (Å²) < 4.78 is 0. The summed E-state index contributed by atoms with van der Waals surface area (Å²) in [6.07, 6.45) is 6.53. The molecule has 1 aliphatic carbocycles. The molecule has 1 amide bonds. The Hall–Kier alpha value is -1.91. The predicted molar refractivity (Wildman–Crippen MR) is 59.9 cm³/mol.